The van der Waals surface area contributed by atoms with Crippen LogP contribution in [-0.4, -0.2) is 5.11 Å². The highest BCUT2D eigenvalue weighted by molar-refractivity contribution is 9.10. The first-order valence-electron chi connectivity index (χ1n) is 5.86. The summed E-state index contributed by atoms with van der Waals surface area (Å²) in [6.07, 6.45) is -4.51. The van der Waals surface area contributed by atoms with Crippen LogP contribution in [0.4, 0.5) is 18.9 Å². The van der Waals surface area contributed by atoms with Gasteiger partial charge in [0, 0.05) is 17.8 Å². The van der Waals surface area contributed by atoms with E-state index in [2.05, 4.69) is 21.2 Å². The Morgan fingerprint density at radius 1 is 1.19 bits per heavy atom. The number of para-hydroxylation sites is 1. The van der Waals surface area contributed by atoms with Gasteiger partial charge in [0.05, 0.1) is 15.1 Å². The lowest BCUT2D eigenvalue weighted by atomic mass is 10.1. The van der Waals surface area contributed by atoms with Gasteiger partial charge >= 0.3 is 6.18 Å². The summed E-state index contributed by atoms with van der Waals surface area (Å²) in [5.41, 5.74) is -0.0633. The number of aromatic hydroxyl groups is 1. The summed E-state index contributed by atoms with van der Waals surface area (Å²) < 4.78 is 38.8. The van der Waals surface area contributed by atoms with Gasteiger partial charge in [-0.1, -0.05) is 23.7 Å². The smallest absolute Gasteiger partial charge is 0.417 e. The molecule has 0 spiro atoms. The molecule has 2 N–H and O–H groups in total. The van der Waals surface area contributed by atoms with E-state index in [1.165, 1.54) is 12.1 Å². The van der Waals surface area contributed by atoms with Crippen LogP contribution in [-0.2, 0) is 12.7 Å². The highest BCUT2D eigenvalue weighted by Gasteiger charge is 2.33. The fraction of sp³-hybridized carbons (Fsp3) is 0.143. The first kappa shape index (κ1) is 16.0. The molecule has 112 valence electrons. The fourth-order valence-corrected chi connectivity index (χ4v) is 2.38. The van der Waals surface area contributed by atoms with Crippen molar-refractivity contribution in [1.29, 1.82) is 0 Å². The highest BCUT2D eigenvalue weighted by atomic mass is 79.9. The predicted octanol–water partition coefficient (Wildman–Crippen LogP) is 5.44. The van der Waals surface area contributed by atoms with Gasteiger partial charge in [-0.2, -0.15) is 13.2 Å². The average molecular weight is 381 g/mol. The lowest BCUT2D eigenvalue weighted by Crippen LogP contribution is -2.07. The molecule has 0 amide bonds. The zero-order valence-electron chi connectivity index (χ0n) is 10.5. The summed E-state index contributed by atoms with van der Waals surface area (Å²) in [6.45, 7) is 0.185. The van der Waals surface area contributed by atoms with Crippen molar-refractivity contribution in [2.24, 2.45) is 0 Å². The zero-order chi connectivity index (χ0) is 15.6. The molecule has 0 unspecified atom stereocenters. The standard InChI is InChI=1S/C14H10BrClF3NO/c15-11-3-1-2-8(13(11)21)7-20-9-4-5-12(16)10(6-9)14(17,18)19/h1-6,20-21H,7H2. The van der Waals surface area contributed by atoms with Gasteiger partial charge in [-0.3, -0.25) is 0 Å². The molecule has 2 rings (SSSR count). The molecule has 0 bridgehead atoms. The second-order valence-corrected chi connectivity index (χ2v) is 5.56. The number of hydrogen-bond donors (Lipinski definition) is 2. The van der Waals surface area contributed by atoms with Crippen molar-refractivity contribution in [3.63, 3.8) is 0 Å². The van der Waals surface area contributed by atoms with E-state index in [0.29, 0.717) is 10.0 Å². The third-order valence-corrected chi connectivity index (χ3v) is 3.79. The number of nitrogens with one attached hydrogen (secondary N) is 1. The molecule has 0 saturated heterocycles. The van der Waals surface area contributed by atoms with Gasteiger partial charge in [-0.05, 0) is 40.2 Å². The van der Waals surface area contributed by atoms with Crippen LogP contribution < -0.4 is 5.32 Å². The molecule has 2 aromatic rings. The lowest BCUT2D eigenvalue weighted by molar-refractivity contribution is -0.137. The maximum atomic E-state index is 12.8. The van der Waals surface area contributed by atoms with Gasteiger partial charge in [0.25, 0.3) is 0 Å². The number of halogens is 5. The van der Waals surface area contributed by atoms with E-state index < -0.39 is 11.7 Å². The van der Waals surface area contributed by atoms with E-state index in [4.69, 9.17) is 11.6 Å². The molecule has 0 aliphatic heterocycles. The van der Waals surface area contributed by atoms with Crippen molar-refractivity contribution < 1.29 is 18.3 Å². The van der Waals surface area contributed by atoms with Crippen molar-refractivity contribution in [3.05, 3.63) is 57.0 Å². The van der Waals surface area contributed by atoms with Gasteiger partial charge in [0.2, 0.25) is 0 Å². The van der Waals surface area contributed by atoms with Gasteiger partial charge in [0.1, 0.15) is 5.75 Å². The molecule has 2 nitrogen and oxygen atoms in total. The van der Waals surface area contributed by atoms with Crippen molar-refractivity contribution in [3.8, 4) is 5.75 Å². The highest BCUT2D eigenvalue weighted by Crippen LogP contribution is 2.36. The van der Waals surface area contributed by atoms with Gasteiger partial charge in [-0.25, -0.2) is 0 Å². The van der Waals surface area contributed by atoms with Crippen LogP contribution in [0.5, 0.6) is 5.75 Å². The molecular formula is C14H10BrClF3NO. The second kappa shape index (κ2) is 6.15. The second-order valence-electron chi connectivity index (χ2n) is 4.29. The number of rotatable bonds is 3. The third kappa shape index (κ3) is 3.83. The summed E-state index contributed by atoms with van der Waals surface area (Å²) in [6, 6.07) is 8.65. The topological polar surface area (TPSA) is 32.3 Å². The summed E-state index contributed by atoms with van der Waals surface area (Å²) in [7, 11) is 0. The molecule has 21 heavy (non-hydrogen) atoms. The lowest BCUT2D eigenvalue weighted by Gasteiger charge is -2.13. The average Bonchev–Trinajstić information content (AvgIpc) is 2.40. The van der Waals surface area contributed by atoms with E-state index >= 15 is 0 Å². The molecule has 0 aromatic heterocycles. The van der Waals surface area contributed by atoms with E-state index in [9.17, 15) is 18.3 Å². The maximum Gasteiger partial charge on any atom is 0.417 e. The molecule has 2 aromatic carbocycles. The van der Waals surface area contributed by atoms with Crippen LogP contribution in [0.25, 0.3) is 0 Å². The fourth-order valence-electron chi connectivity index (χ4n) is 1.75. The number of anilines is 1. The number of alkyl halides is 3. The van der Waals surface area contributed by atoms with Gasteiger partial charge in [-0.15, -0.1) is 0 Å². The summed E-state index contributed by atoms with van der Waals surface area (Å²) >= 11 is 8.73. The molecular weight excluding hydrogens is 371 g/mol. The van der Waals surface area contributed by atoms with Crippen molar-refractivity contribution in [2.75, 3.05) is 5.32 Å². The number of benzene rings is 2. The molecule has 0 heterocycles. The minimum atomic E-state index is -4.51. The molecule has 0 radical (unpaired) electrons. The van der Waals surface area contributed by atoms with E-state index in [0.717, 1.165) is 6.07 Å². The Morgan fingerprint density at radius 3 is 2.57 bits per heavy atom. The van der Waals surface area contributed by atoms with Crippen molar-refractivity contribution in [2.45, 2.75) is 12.7 Å². The Labute approximate surface area is 132 Å². The largest absolute Gasteiger partial charge is 0.506 e. The minimum absolute atomic E-state index is 0.0509. The summed E-state index contributed by atoms with van der Waals surface area (Å²) in [4.78, 5) is 0. The summed E-state index contributed by atoms with van der Waals surface area (Å²) in [5, 5.41) is 12.3. The van der Waals surface area contributed by atoms with E-state index in [1.807, 2.05) is 0 Å². The Balaban J connectivity index is 2.19. The molecule has 0 saturated carbocycles. The van der Waals surface area contributed by atoms with Crippen LogP contribution in [0.15, 0.2) is 40.9 Å². The van der Waals surface area contributed by atoms with Crippen LogP contribution in [0.2, 0.25) is 5.02 Å². The number of phenolic OH excluding ortho intramolecular Hbond substituents is 1. The number of hydrogen-bond acceptors (Lipinski definition) is 2. The minimum Gasteiger partial charge on any atom is -0.506 e. The SMILES string of the molecule is Oc1c(Br)cccc1CNc1ccc(Cl)c(C(F)(F)F)c1. The van der Waals surface area contributed by atoms with Crippen molar-refractivity contribution in [1.82, 2.24) is 0 Å². The Kier molecular flexibility index (Phi) is 4.68. The molecule has 0 fully saturated rings. The van der Waals surface area contributed by atoms with Crippen LogP contribution in [0.3, 0.4) is 0 Å². The Bertz CT molecular complexity index is 661. The maximum absolute atomic E-state index is 12.8. The molecule has 0 aliphatic rings. The normalized spacial score (nSPS) is 11.5. The first-order valence-corrected chi connectivity index (χ1v) is 7.03. The van der Waals surface area contributed by atoms with Crippen LogP contribution in [0.1, 0.15) is 11.1 Å². The van der Waals surface area contributed by atoms with Gasteiger partial charge in [0.15, 0.2) is 0 Å². The zero-order valence-corrected chi connectivity index (χ0v) is 12.9. The first-order chi connectivity index (χ1) is 9.79. The van der Waals surface area contributed by atoms with Gasteiger partial charge < -0.3 is 10.4 Å². The monoisotopic (exact) mass is 379 g/mol. The predicted molar refractivity (Wildman–Crippen MR) is 79.6 cm³/mol. The van der Waals surface area contributed by atoms with E-state index in [1.54, 1.807) is 18.2 Å². The summed E-state index contributed by atoms with van der Waals surface area (Å²) in [5.74, 6) is 0.0509. The van der Waals surface area contributed by atoms with E-state index in [-0.39, 0.29) is 23.0 Å². The molecule has 7 heteroatoms. The van der Waals surface area contributed by atoms with Crippen LogP contribution in [0, 0.1) is 0 Å². The third-order valence-electron chi connectivity index (χ3n) is 2.83. The van der Waals surface area contributed by atoms with Crippen LogP contribution >= 0.6 is 27.5 Å². The Morgan fingerprint density at radius 2 is 1.90 bits per heavy atom. The van der Waals surface area contributed by atoms with Crippen molar-refractivity contribution >= 4 is 33.2 Å². The molecule has 0 aliphatic carbocycles. The quantitative estimate of drug-likeness (QED) is 0.743. The Hall–Kier alpha value is -1.40. The molecule has 0 atom stereocenters. The number of phenols is 1.